The highest BCUT2D eigenvalue weighted by Gasteiger charge is 2.25. The average molecular weight is 385 g/mol. The van der Waals surface area contributed by atoms with Gasteiger partial charge >= 0.3 is 5.97 Å². The molecule has 126 valence electrons. The summed E-state index contributed by atoms with van der Waals surface area (Å²) in [5.74, 6) is -0.809. The number of amides is 1. The number of likely N-dealkylation sites (N-methyl/N-ethyl adjacent to an activating group) is 1. The largest absolute Gasteiger partial charge is 0.480 e. The van der Waals surface area contributed by atoms with Gasteiger partial charge < -0.3 is 14.7 Å². The van der Waals surface area contributed by atoms with Gasteiger partial charge in [0.05, 0.1) is 25.7 Å². The molecule has 23 heavy (non-hydrogen) atoms. The van der Waals surface area contributed by atoms with Gasteiger partial charge in [-0.2, -0.15) is 0 Å². The Balaban J connectivity index is 1.89. The fraction of sp³-hybridized carbons (Fsp3) is 0.500. The summed E-state index contributed by atoms with van der Waals surface area (Å²) in [7, 11) is 1.74. The van der Waals surface area contributed by atoms with Gasteiger partial charge in [0, 0.05) is 24.1 Å². The molecule has 0 radical (unpaired) electrons. The topological polar surface area (TPSA) is 70.1 Å². The van der Waals surface area contributed by atoms with Gasteiger partial charge in [-0.15, -0.1) is 0 Å². The lowest BCUT2D eigenvalue weighted by Gasteiger charge is -2.34. The highest BCUT2D eigenvalue weighted by Crippen LogP contribution is 2.18. The molecule has 1 aromatic carbocycles. The molecule has 1 aromatic rings. The van der Waals surface area contributed by atoms with Crippen LogP contribution in [0.25, 0.3) is 0 Å². The summed E-state index contributed by atoms with van der Waals surface area (Å²) in [5.41, 5.74) is 0.962. The number of carboxylic acids is 1. The third-order valence-electron chi connectivity index (χ3n) is 3.71. The van der Waals surface area contributed by atoms with Crippen molar-refractivity contribution in [1.82, 2.24) is 9.80 Å². The van der Waals surface area contributed by atoms with Gasteiger partial charge in [-0.05, 0) is 18.7 Å². The van der Waals surface area contributed by atoms with Crippen LogP contribution in [0.4, 0.5) is 0 Å². The number of rotatable bonds is 6. The van der Waals surface area contributed by atoms with Crippen molar-refractivity contribution in [3.63, 3.8) is 0 Å². The molecule has 1 atom stereocenters. The van der Waals surface area contributed by atoms with E-state index in [2.05, 4.69) is 15.9 Å². The van der Waals surface area contributed by atoms with Crippen LogP contribution < -0.4 is 0 Å². The predicted molar refractivity (Wildman–Crippen MR) is 89.3 cm³/mol. The number of ether oxygens (including phenoxy) is 1. The summed E-state index contributed by atoms with van der Waals surface area (Å²) in [5, 5.41) is 8.79. The molecule has 1 heterocycles. The van der Waals surface area contributed by atoms with E-state index >= 15 is 0 Å². The zero-order chi connectivity index (χ0) is 16.8. The molecule has 7 heteroatoms. The number of benzene rings is 1. The number of hydrogen-bond acceptors (Lipinski definition) is 4. The Kier molecular flexibility index (Phi) is 6.56. The van der Waals surface area contributed by atoms with E-state index in [0.717, 1.165) is 10.0 Å². The molecule has 0 aromatic heterocycles. The second kappa shape index (κ2) is 8.42. The lowest BCUT2D eigenvalue weighted by molar-refractivity contribution is -0.142. The van der Waals surface area contributed by atoms with Crippen molar-refractivity contribution in [3.05, 3.63) is 34.3 Å². The number of carbonyl (C=O) groups is 2. The van der Waals surface area contributed by atoms with Crippen LogP contribution in [0, 0.1) is 0 Å². The second-order valence-corrected chi connectivity index (χ2v) is 6.55. The van der Waals surface area contributed by atoms with Gasteiger partial charge in [0.25, 0.3) is 0 Å². The van der Waals surface area contributed by atoms with Crippen LogP contribution in [-0.2, 0) is 20.7 Å². The number of carboxylic acid groups (broad SMARTS) is 1. The molecule has 0 saturated carbocycles. The fourth-order valence-corrected chi connectivity index (χ4v) is 3.04. The van der Waals surface area contributed by atoms with Gasteiger partial charge in [-0.1, -0.05) is 34.1 Å². The predicted octanol–water partition coefficient (Wildman–Crippen LogP) is 1.24. The van der Waals surface area contributed by atoms with Crippen molar-refractivity contribution in [3.8, 4) is 0 Å². The van der Waals surface area contributed by atoms with E-state index < -0.39 is 5.97 Å². The Morgan fingerprint density at radius 2 is 2.17 bits per heavy atom. The Bertz CT molecular complexity index is 567. The van der Waals surface area contributed by atoms with Crippen molar-refractivity contribution >= 4 is 27.8 Å². The van der Waals surface area contributed by atoms with Crippen LogP contribution in [0.15, 0.2) is 28.7 Å². The summed E-state index contributed by atoms with van der Waals surface area (Å²) in [4.78, 5) is 26.7. The Hall–Kier alpha value is -1.44. The minimum atomic E-state index is -0.870. The quantitative estimate of drug-likeness (QED) is 0.798. The maximum absolute atomic E-state index is 12.5. The first kappa shape index (κ1) is 17.9. The second-order valence-electron chi connectivity index (χ2n) is 5.69. The molecule has 2 rings (SSSR count). The van der Waals surface area contributed by atoms with E-state index in [4.69, 9.17) is 9.84 Å². The summed E-state index contributed by atoms with van der Waals surface area (Å²) in [6, 6.07) is 7.68. The Morgan fingerprint density at radius 3 is 2.87 bits per heavy atom. The van der Waals surface area contributed by atoms with Crippen LogP contribution in [0.1, 0.15) is 5.56 Å². The molecule has 0 bridgehead atoms. The summed E-state index contributed by atoms with van der Waals surface area (Å²) < 4.78 is 6.58. The van der Waals surface area contributed by atoms with E-state index in [1.54, 1.807) is 16.8 Å². The first-order valence-corrected chi connectivity index (χ1v) is 8.28. The number of hydrogen-bond donors (Lipinski definition) is 1. The van der Waals surface area contributed by atoms with E-state index in [-0.39, 0.29) is 18.6 Å². The number of aliphatic carboxylic acids is 1. The Labute approximate surface area is 144 Å². The number of morpholine rings is 1. The number of carbonyl (C=O) groups excluding carboxylic acids is 1. The molecule has 1 amide bonds. The number of nitrogens with zero attached hydrogens (tertiary/aromatic N) is 2. The smallest absolute Gasteiger partial charge is 0.317 e. The zero-order valence-corrected chi connectivity index (χ0v) is 14.7. The highest BCUT2D eigenvalue weighted by molar-refractivity contribution is 9.10. The summed E-state index contributed by atoms with van der Waals surface area (Å²) >= 11 is 3.46. The molecular weight excluding hydrogens is 364 g/mol. The first-order chi connectivity index (χ1) is 11.0. The average Bonchev–Trinajstić information content (AvgIpc) is 2.49. The first-order valence-electron chi connectivity index (χ1n) is 7.49. The van der Waals surface area contributed by atoms with Crippen molar-refractivity contribution in [2.75, 3.05) is 39.8 Å². The molecule has 1 N–H and O–H groups in total. The molecule has 0 aliphatic carbocycles. The Morgan fingerprint density at radius 1 is 1.43 bits per heavy atom. The van der Waals surface area contributed by atoms with Crippen LogP contribution in [0.3, 0.4) is 0 Å². The minimum Gasteiger partial charge on any atom is -0.480 e. The van der Waals surface area contributed by atoms with Crippen molar-refractivity contribution in [1.29, 1.82) is 0 Å². The van der Waals surface area contributed by atoms with Crippen molar-refractivity contribution in [2.24, 2.45) is 0 Å². The summed E-state index contributed by atoms with van der Waals surface area (Å²) in [6.07, 6.45) is 0.190. The van der Waals surface area contributed by atoms with Gasteiger partial charge in [-0.3, -0.25) is 14.5 Å². The number of halogens is 1. The van der Waals surface area contributed by atoms with Crippen LogP contribution in [0.2, 0.25) is 0 Å². The van der Waals surface area contributed by atoms with Gasteiger partial charge in [-0.25, -0.2) is 0 Å². The van der Waals surface area contributed by atoms with Gasteiger partial charge in [0.15, 0.2) is 0 Å². The standard InChI is InChI=1S/C16H21BrN2O4/c1-18(11-16(21)22)9-13-10-19(6-7-23-13)15(20)8-12-4-2-3-5-14(12)17/h2-5,13H,6-11H2,1H3,(H,21,22). The van der Waals surface area contributed by atoms with E-state index in [0.29, 0.717) is 32.7 Å². The lowest BCUT2D eigenvalue weighted by Crippen LogP contribution is -2.50. The minimum absolute atomic E-state index is 0.0369. The SMILES string of the molecule is CN(CC(=O)O)CC1CN(C(=O)Cc2ccccc2Br)CCO1. The van der Waals surface area contributed by atoms with Crippen LogP contribution in [-0.4, -0.2) is 72.7 Å². The molecule has 1 aliphatic rings. The van der Waals surface area contributed by atoms with Crippen LogP contribution in [0.5, 0.6) is 0 Å². The van der Waals surface area contributed by atoms with Gasteiger partial charge in [0.2, 0.25) is 5.91 Å². The third kappa shape index (κ3) is 5.60. The van der Waals surface area contributed by atoms with E-state index in [9.17, 15) is 9.59 Å². The van der Waals surface area contributed by atoms with E-state index in [1.165, 1.54) is 0 Å². The molecule has 1 aliphatic heterocycles. The maximum Gasteiger partial charge on any atom is 0.317 e. The lowest BCUT2D eigenvalue weighted by atomic mass is 10.1. The zero-order valence-electron chi connectivity index (χ0n) is 13.1. The third-order valence-corrected chi connectivity index (χ3v) is 4.49. The molecule has 1 saturated heterocycles. The summed E-state index contributed by atoms with van der Waals surface area (Å²) in [6.45, 7) is 2.00. The highest BCUT2D eigenvalue weighted by atomic mass is 79.9. The van der Waals surface area contributed by atoms with Gasteiger partial charge in [0.1, 0.15) is 0 Å². The van der Waals surface area contributed by atoms with Crippen LogP contribution >= 0.6 is 15.9 Å². The van der Waals surface area contributed by atoms with Crippen molar-refractivity contribution in [2.45, 2.75) is 12.5 Å². The molecular formula is C16H21BrN2O4. The monoisotopic (exact) mass is 384 g/mol. The fourth-order valence-electron chi connectivity index (χ4n) is 2.62. The molecule has 0 spiro atoms. The molecule has 1 fully saturated rings. The molecule has 6 nitrogen and oxygen atoms in total. The molecule has 1 unspecified atom stereocenters. The normalized spacial score (nSPS) is 18.2. The van der Waals surface area contributed by atoms with E-state index in [1.807, 2.05) is 24.3 Å². The maximum atomic E-state index is 12.5. The van der Waals surface area contributed by atoms with Crippen molar-refractivity contribution < 1.29 is 19.4 Å².